The van der Waals surface area contributed by atoms with Gasteiger partial charge in [-0.25, -0.2) is 0 Å². The van der Waals surface area contributed by atoms with Crippen molar-refractivity contribution in [2.45, 2.75) is 6.42 Å². The molecule has 0 spiro atoms. The maximum Gasteiger partial charge on any atom is 0.271 e. The van der Waals surface area contributed by atoms with E-state index in [1.54, 1.807) is 0 Å². The topological polar surface area (TPSA) is 65.1 Å². The number of nitrogens with zero attached hydrogens (tertiary/aromatic N) is 4. The van der Waals surface area contributed by atoms with Crippen LogP contribution in [0, 0.1) is 0 Å². The maximum absolute atomic E-state index is 12.8. The first-order valence-electron chi connectivity index (χ1n) is 9.31. The summed E-state index contributed by atoms with van der Waals surface area (Å²) in [6.07, 6.45) is 4.68. The highest BCUT2D eigenvalue weighted by atomic mass is 16.2. The number of H-pyrrole nitrogens is 1. The van der Waals surface area contributed by atoms with Crippen molar-refractivity contribution in [2.24, 2.45) is 0 Å². The molecule has 27 heavy (non-hydrogen) atoms. The Bertz CT molecular complexity index is 870. The lowest BCUT2D eigenvalue weighted by molar-refractivity contribution is 0.0632. The van der Waals surface area contributed by atoms with Crippen LogP contribution in [-0.2, 0) is 6.42 Å². The van der Waals surface area contributed by atoms with E-state index in [4.69, 9.17) is 0 Å². The quantitative estimate of drug-likeness (QED) is 0.758. The SMILES string of the molecule is O=C(c1cc(-c2ccccc2)n[nH]1)N1CCN(CCc2ccncc2)CC1. The van der Waals surface area contributed by atoms with E-state index in [1.165, 1.54) is 5.56 Å². The number of hydrogen-bond acceptors (Lipinski definition) is 4. The van der Waals surface area contributed by atoms with Crippen LogP contribution in [0.2, 0.25) is 0 Å². The minimum absolute atomic E-state index is 0.0264. The Hall–Kier alpha value is -2.99. The van der Waals surface area contributed by atoms with Gasteiger partial charge in [-0.3, -0.25) is 19.8 Å². The Labute approximate surface area is 158 Å². The second kappa shape index (κ2) is 8.14. The Morgan fingerprint density at radius 3 is 2.48 bits per heavy atom. The van der Waals surface area contributed by atoms with Crippen molar-refractivity contribution in [3.63, 3.8) is 0 Å². The molecule has 6 heteroatoms. The van der Waals surface area contributed by atoms with Gasteiger partial charge in [0, 0.05) is 50.7 Å². The molecule has 2 aromatic heterocycles. The lowest BCUT2D eigenvalue weighted by atomic mass is 10.1. The number of benzene rings is 1. The zero-order valence-corrected chi connectivity index (χ0v) is 15.2. The van der Waals surface area contributed by atoms with Crippen LogP contribution in [0.1, 0.15) is 16.1 Å². The largest absolute Gasteiger partial charge is 0.335 e. The van der Waals surface area contributed by atoms with Gasteiger partial charge in [-0.05, 0) is 30.2 Å². The first-order valence-corrected chi connectivity index (χ1v) is 9.31. The van der Waals surface area contributed by atoms with Crippen LogP contribution in [0.15, 0.2) is 60.9 Å². The van der Waals surface area contributed by atoms with Crippen molar-refractivity contribution in [2.75, 3.05) is 32.7 Å². The molecule has 4 rings (SSSR count). The molecule has 1 saturated heterocycles. The molecule has 1 aliphatic heterocycles. The number of nitrogens with one attached hydrogen (secondary N) is 1. The molecule has 0 radical (unpaired) electrons. The molecule has 0 bridgehead atoms. The average Bonchev–Trinajstić information content (AvgIpc) is 3.24. The zero-order valence-electron chi connectivity index (χ0n) is 15.2. The fraction of sp³-hybridized carbons (Fsp3) is 0.286. The normalized spacial score (nSPS) is 15.0. The summed E-state index contributed by atoms with van der Waals surface area (Å²) in [5.74, 6) is 0.0264. The van der Waals surface area contributed by atoms with E-state index < -0.39 is 0 Å². The lowest BCUT2D eigenvalue weighted by Gasteiger charge is -2.34. The van der Waals surface area contributed by atoms with E-state index in [0.29, 0.717) is 5.69 Å². The van der Waals surface area contributed by atoms with Gasteiger partial charge in [0.1, 0.15) is 5.69 Å². The molecule has 6 nitrogen and oxygen atoms in total. The van der Waals surface area contributed by atoms with Gasteiger partial charge in [0.15, 0.2) is 0 Å². The van der Waals surface area contributed by atoms with Crippen LogP contribution in [0.3, 0.4) is 0 Å². The molecule has 0 aliphatic carbocycles. The van der Waals surface area contributed by atoms with Crippen LogP contribution in [-0.4, -0.2) is 63.6 Å². The predicted molar refractivity (Wildman–Crippen MR) is 104 cm³/mol. The minimum Gasteiger partial charge on any atom is -0.335 e. The summed E-state index contributed by atoms with van der Waals surface area (Å²) in [6, 6.07) is 15.8. The van der Waals surface area contributed by atoms with Gasteiger partial charge < -0.3 is 4.90 Å². The number of piperazine rings is 1. The highest BCUT2D eigenvalue weighted by Crippen LogP contribution is 2.18. The van der Waals surface area contributed by atoms with Gasteiger partial charge in [0.25, 0.3) is 5.91 Å². The van der Waals surface area contributed by atoms with Gasteiger partial charge in [-0.2, -0.15) is 5.10 Å². The number of amides is 1. The third-order valence-corrected chi connectivity index (χ3v) is 5.00. The minimum atomic E-state index is 0.0264. The maximum atomic E-state index is 12.8. The second-order valence-electron chi connectivity index (χ2n) is 6.77. The smallest absolute Gasteiger partial charge is 0.271 e. The molecule has 1 fully saturated rings. The van der Waals surface area contributed by atoms with Gasteiger partial charge in [0.2, 0.25) is 0 Å². The van der Waals surface area contributed by atoms with E-state index in [1.807, 2.05) is 53.7 Å². The van der Waals surface area contributed by atoms with Crippen LogP contribution in [0.5, 0.6) is 0 Å². The summed E-state index contributed by atoms with van der Waals surface area (Å²) >= 11 is 0. The number of carbonyl (C=O) groups excluding carboxylic acids is 1. The molecule has 3 aromatic rings. The van der Waals surface area contributed by atoms with Crippen LogP contribution < -0.4 is 0 Å². The summed E-state index contributed by atoms with van der Waals surface area (Å²) in [7, 11) is 0. The summed E-state index contributed by atoms with van der Waals surface area (Å²) in [6.45, 7) is 4.30. The summed E-state index contributed by atoms with van der Waals surface area (Å²) in [5.41, 5.74) is 3.66. The van der Waals surface area contributed by atoms with Crippen LogP contribution >= 0.6 is 0 Å². The van der Waals surface area contributed by atoms with Gasteiger partial charge in [0.05, 0.1) is 5.69 Å². The van der Waals surface area contributed by atoms with Gasteiger partial charge in [-0.15, -0.1) is 0 Å². The number of aromatic amines is 1. The summed E-state index contributed by atoms with van der Waals surface area (Å²) in [5, 5.41) is 7.19. The molecule has 0 atom stereocenters. The van der Waals surface area contributed by atoms with Crippen molar-refractivity contribution >= 4 is 5.91 Å². The molecular formula is C21H23N5O. The monoisotopic (exact) mass is 361 g/mol. The molecule has 1 aromatic carbocycles. The number of pyridine rings is 1. The third kappa shape index (κ3) is 4.23. The van der Waals surface area contributed by atoms with Crippen molar-refractivity contribution in [1.29, 1.82) is 0 Å². The highest BCUT2D eigenvalue weighted by molar-refractivity contribution is 5.93. The third-order valence-electron chi connectivity index (χ3n) is 5.00. The molecule has 3 heterocycles. The molecular weight excluding hydrogens is 338 g/mol. The molecule has 1 aliphatic rings. The van der Waals surface area contributed by atoms with Crippen LogP contribution in [0.4, 0.5) is 0 Å². The summed E-state index contributed by atoms with van der Waals surface area (Å²) < 4.78 is 0. The van der Waals surface area contributed by atoms with Crippen molar-refractivity contribution in [1.82, 2.24) is 25.0 Å². The van der Waals surface area contributed by atoms with E-state index in [-0.39, 0.29) is 5.91 Å². The van der Waals surface area contributed by atoms with Crippen molar-refractivity contribution in [3.8, 4) is 11.3 Å². The first-order chi connectivity index (χ1) is 13.3. The van der Waals surface area contributed by atoms with E-state index >= 15 is 0 Å². The van der Waals surface area contributed by atoms with E-state index in [2.05, 4.69) is 32.2 Å². The number of aromatic nitrogens is 3. The predicted octanol–water partition coefficient (Wildman–Crippen LogP) is 2.47. The molecule has 0 unspecified atom stereocenters. The van der Waals surface area contributed by atoms with E-state index in [9.17, 15) is 4.79 Å². The van der Waals surface area contributed by atoms with Gasteiger partial charge in [-0.1, -0.05) is 30.3 Å². The fourth-order valence-corrected chi connectivity index (χ4v) is 3.37. The molecule has 1 N–H and O–H groups in total. The standard InChI is InChI=1S/C21H23N5O/c27-21(20-16-19(23-24-20)18-4-2-1-3-5-18)26-14-12-25(13-15-26)11-8-17-6-9-22-10-7-17/h1-7,9-10,16H,8,11-15H2,(H,23,24). The number of carbonyl (C=O) groups is 1. The fourth-order valence-electron chi connectivity index (χ4n) is 3.37. The Morgan fingerprint density at radius 2 is 1.74 bits per heavy atom. The van der Waals surface area contributed by atoms with Crippen molar-refractivity contribution in [3.05, 3.63) is 72.2 Å². The van der Waals surface area contributed by atoms with Gasteiger partial charge >= 0.3 is 0 Å². The van der Waals surface area contributed by atoms with Crippen LogP contribution in [0.25, 0.3) is 11.3 Å². The molecule has 1 amide bonds. The number of hydrogen-bond donors (Lipinski definition) is 1. The Morgan fingerprint density at radius 1 is 1.00 bits per heavy atom. The van der Waals surface area contributed by atoms with E-state index in [0.717, 1.165) is 50.4 Å². The molecule has 138 valence electrons. The zero-order chi connectivity index (χ0) is 18.5. The summed E-state index contributed by atoms with van der Waals surface area (Å²) in [4.78, 5) is 21.1. The Kier molecular flexibility index (Phi) is 5.25. The second-order valence-corrected chi connectivity index (χ2v) is 6.77. The number of rotatable bonds is 5. The average molecular weight is 361 g/mol. The lowest BCUT2D eigenvalue weighted by Crippen LogP contribution is -2.49. The van der Waals surface area contributed by atoms with Crippen molar-refractivity contribution < 1.29 is 4.79 Å². The molecule has 0 saturated carbocycles. The Balaban J connectivity index is 1.30. The first kappa shape index (κ1) is 17.4. The highest BCUT2D eigenvalue weighted by Gasteiger charge is 2.23.